The zero-order valence-electron chi connectivity index (χ0n) is 11.5. The van der Waals surface area contributed by atoms with Crippen molar-refractivity contribution in [2.75, 3.05) is 0 Å². The molecule has 0 radical (unpaired) electrons. The molecular weight excluding hydrogens is 360 g/mol. The average Bonchev–Trinajstić information content (AvgIpc) is 2.87. The molecule has 23 heavy (non-hydrogen) atoms. The molecule has 0 spiro atoms. The number of para-hydroxylation sites is 1. The Morgan fingerprint density at radius 3 is 2.17 bits per heavy atom. The van der Waals surface area contributed by atoms with E-state index < -0.39 is 10.2 Å². The molecule has 0 unspecified atom stereocenters. The fourth-order valence-corrected chi connectivity index (χ4v) is 4.00. The Bertz CT molecular complexity index is 772. The number of aromatic hydroxyl groups is 1. The van der Waals surface area contributed by atoms with E-state index in [0.717, 1.165) is 5.56 Å². The zero-order valence-corrected chi connectivity index (χ0v) is 13.9. The molecule has 5 nitrogen and oxygen atoms in total. The molecule has 0 saturated carbocycles. The van der Waals surface area contributed by atoms with Gasteiger partial charge in [-0.15, -0.1) is 10.2 Å². The predicted molar refractivity (Wildman–Crippen MR) is 81.1 cm³/mol. The summed E-state index contributed by atoms with van der Waals surface area (Å²) >= 11 is 3.54. The Morgan fingerprint density at radius 2 is 1.52 bits per heavy atom. The van der Waals surface area contributed by atoms with E-state index in [2.05, 4.69) is 30.3 Å². The molecule has 0 aliphatic rings. The minimum Gasteiger partial charge on any atom is -0.507 e. The van der Waals surface area contributed by atoms with Gasteiger partial charge in [0.1, 0.15) is 5.75 Å². The number of phenols is 1. The van der Waals surface area contributed by atoms with Crippen molar-refractivity contribution in [1.29, 1.82) is 0 Å². The van der Waals surface area contributed by atoms with Crippen molar-refractivity contribution >= 4 is 44.2 Å². The van der Waals surface area contributed by atoms with E-state index in [9.17, 15) is 5.11 Å². The van der Waals surface area contributed by atoms with Crippen molar-refractivity contribution < 1.29 is 34.0 Å². The lowest BCUT2D eigenvalue weighted by Crippen LogP contribution is -2.68. The van der Waals surface area contributed by atoms with Crippen molar-refractivity contribution in [3.63, 3.8) is 0 Å². The van der Waals surface area contributed by atoms with Crippen LogP contribution in [0.1, 0.15) is 9.75 Å². The first-order chi connectivity index (χ1) is 10.8. The third kappa shape index (κ3) is 6.20. The molecule has 0 aliphatic carbocycles. The Kier molecular flexibility index (Phi) is 6.03. The quantitative estimate of drug-likeness (QED) is 0.654. The second-order valence-corrected chi connectivity index (χ2v) is 7.42. The number of rotatable bonds is 2. The number of halogens is 1. The van der Waals surface area contributed by atoms with Gasteiger partial charge in [-0.3, -0.25) is 0 Å². The highest BCUT2D eigenvalue weighted by atomic mass is 35.7. The van der Waals surface area contributed by atoms with Crippen molar-refractivity contribution in [1.82, 2.24) is 0 Å². The first kappa shape index (κ1) is 17.8. The normalized spacial score (nSPS) is 11.5. The molecule has 3 aromatic rings. The Balaban J connectivity index is 0.000000338. The van der Waals surface area contributed by atoms with E-state index in [1.54, 1.807) is 28.7 Å². The maximum absolute atomic E-state index is 9.68. The van der Waals surface area contributed by atoms with Crippen LogP contribution in [0.3, 0.4) is 0 Å². The van der Waals surface area contributed by atoms with Crippen LogP contribution >= 0.6 is 22.7 Å². The summed E-state index contributed by atoms with van der Waals surface area (Å²) in [4.78, 5) is 0. The third-order valence-corrected chi connectivity index (χ3v) is 5.06. The molecule has 0 atom stereocenters. The fraction of sp³-hybridized carbons (Fsp3) is 0. The van der Waals surface area contributed by atoms with E-state index in [4.69, 9.17) is 18.6 Å². The van der Waals surface area contributed by atoms with E-state index in [1.807, 2.05) is 24.3 Å². The van der Waals surface area contributed by atoms with Crippen LogP contribution < -0.4 is 18.6 Å². The highest BCUT2D eigenvalue weighted by Gasteiger charge is 2.12. The van der Waals surface area contributed by atoms with Gasteiger partial charge < -0.3 is 5.11 Å². The highest BCUT2D eigenvalue weighted by Crippen LogP contribution is 2.32. The molecule has 1 N–H and O–H groups in total. The fourth-order valence-electron chi connectivity index (χ4n) is 1.71. The van der Waals surface area contributed by atoms with Gasteiger partial charge in [-0.2, -0.15) is 0 Å². The second-order valence-electron chi connectivity index (χ2n) is 4.24. The minimum atomic E-state index is -4.94. The van der Waals surface area contributed by atoms with Crippen LogP contribution in [0.5, 0.6) is 5.75 Å². The summed E-state index contributed by atoms with van der Waals surface area (Å²) in [5, 5.41) is 9.68. The molecule has 8 heteroatoms. The lowest BCUT2D eigenvalue weighted by Gasteiger charge is -2.17. The van der Waals surface area contributed by atoms with Crippen LogP contribution in [0.25, 0.3) is 21.6 Å². The Labute approximate surface area is 142 Å². The van der Waals surface area contributed by atoms with Crippen molar-refractivity contribution in [3.8, 4) is 5.75 Å². The van der Waals surface area contributed by atoms with Gasteiger partial charge in [0.25, 0.3) is 4.19 Å². The van der Waals surface area contributed by atoms with Gasteiger partial charge >= 0.3 is 0 Å². The topological polar surface area (TPSA) is 112 Å². The summed E-state index contributed by atoms with van der Waals surface area (Å²) in [6.45, 7) is 0. The van der Waals surface area contributed by atoms with Crippen LogP contribution in [0.2, 0.25) is 0 Å². The number of hydrogen-bond acceptors (Lipinski definition) is 6. The van der Waals surface area contributed by atoms with Gasteiger partial charge in [0.2, 0.25) is 0 Å². The van der Waals surface area contributed by atoms with Gasteiger partial charge in [-0.1, -0.05) is 30.3 Å². The van der Waals surface area contributed by atoms with E-state index >= 15 is 0 Å². The summed E-state index contributed by atoms with van der Waals surface area (Å²) in [5.74, 6) is 0.319. The summed E-state index contributed by atoms with van der Waals surface area (Å²) < 4.78 is 37.8. The van der Waals surface area contributed by atoms with E-state index in [-0.39, 0.29) is 0 Å². The van der Waals surface area contributed by atoms with Crippen LogP contribution in [0.15, 0.2) is 48.5 Å². The Morgan fingerprint density at radius 1 is 0.913 bits per heavy atom. The van der Waals surface area contributed by atoms with E-state index in [0.29, 0.717) is 5.75 Å². The van der Waals surface area contributed by atoms with Gasteiger partial charge in [0.15, 0.2) is 9.40 Å². The van der Waals surface area contributed by atoms with Gasteiger partial charge in [-0.05, 0) is 24.3 Å². The first-order valence-electron chi connectivity index (χ1n) is 6.22. The van der Waals surface area contributed by atoms with Crippen molar-refractivity contribution in [2.24, 2.45) is 0 Å². The minimum absolute atomic E-state index is 0.319. The maximum atomic E-state index is 9.68. The number of phenolic OH excluding ortho intramolecular Hbond substituents is 1. The van der Waals surface area contributed by atoms with Crippen molar-refractivity contribution in [2.45, 2.75) is 0 Å². The highest BCUT2D eigenvalue weighted by molar-refractivity contribution is 7.39. The molecule has 3 rings (SSSR count). The average molecular weight is 371 g/mol. The van der Waals surface area contributed by atoms with Gasteiger partial charge in [0.05, 0.1) is 22.7 Å². The number of fused-ring (bicyclic) bond motifs is 1. The van der Waals surface area contributed by atoms with Crippen molar-refractivity contribution in [3.05, 3.63) is 58.3 Å². The molecule has 2 aromatic carbocycles. The molecular formula is C15H11ClO5S2. The molecule has 0 saturated heterocycles. The van der Waals surface area contributed by atoms with Gasteiger partial charge in [0, 0.05) is 11.6 Å². The SMILES string of the molecule is Oc1ccccc1/C=C/c1sc2ccccc2[s+]1.[O-][Cl+3]([O-])([O-])[O-]. The van der Waals surface area contributed by atoms with E-state index in [1.165, 1.54) is 13.6 Å². The summed E-state index contributed by atoms with van der Waals surface area (Å²) in [7, 11) is -4.94. The molecule has 0 fully saturated rings. The maximum Gasteiger partial charge on any atom is 0.279 e. The molecule has 120 valence electrons. The Hall–Kier alpha value is -1.58. The summed E-state index contributed by atoms with van der Waals surface area (Å²) in [6.07, 6.45) is 4.01. The third-order valence-electron chi connectivity index (χ3n) is 2.61. The number of benzene rings is 2. The van der Waals surface area contributed by atoms with Crippen LogP contribution in [0, 0.1) is 10.2 Å². The monoisotopic (exact) mass is 370 g/mol. The largest absolute Gasteiger partial charge is 0.507 e. The summed E-state index contributed by atoms with van der Waals surface area (Å²) in [5.41, 5.74) is 0.849. The van der Waals surface area contributed by atoms with Crippen LogP contribution in [-0.4, -0.2) is 5.11 Å². The standard InChI is InChI=1S/C15H10OS2.ClHO4/c16-12-6-2-1-5-11(12)9-10-15-17-13-7-3-4-8-14(13)18-15;2-1(3,4)5/h1-10H;(H,2,3,4,5)/b10-9+;. The summed E-state index contributed by atoms with van der Waals surface area (Å²) in [6, 6.07) is 15.7. The molecule has 1 aromatic heterocycles. The van der Waals surface area contributed by atoms with Crippen LogP contribution in [-0.2, 0) is 0 Å². The zero-order chi connectivity index (χ0) is 16.9. The van der Waals surface area contributed by atoms with Gasteiger partial charge in [-0.25, -0.2) is 18.6 Å². The molecule has 0 bridgehead atoms. The predicted octanol–water partition coefficient (Wildman–Crippen LogP) is 0.364. The second kappa shape index (κ2) is 7.80. The molecule has 0 aliphatic heterocycles. The smallest absolute Gasteiger partial charge is 0.279 e. The first-order valence-corrected chi connectivity index (χ1v) is 9.09. The molecule has 0 amide bonds. The lowest BCUT2D eigenvalue weighted by atomic mass is 10.2. The lowest BCUT2D eigenvalue weighted by molar-refractivity contribution is -2.00. The number of hydrogen-bond donors (Lipinski definition) is 1. The molecule has 1 heterocycles. The van der Waals surface area contributed by atoms with Crippen LogP contribution in [0.4, 0.5) is 0 Å².